The number of nitrogens with zero attached hydrogens (tertiary/aromatic N) is 3. The number of fused-ring (bicyclic) bond motifs is 7. The quantitative estimate of drug-likeness (QED) is 0.316. The summed E-state index contributed by atoms with van der Waals surface area (Å²) in [7, 11) is 0. The lowest BCUT2D eigenvalue weighted by Gasteiger charge is -2.36. The van der Waals surface area contributed by atoms with Crippen LogP contribution in [-0.4, -0.2) is 29.5 Å². The second kappa shape index (κ2) is 10.2. The Bertz CT molecular complexity index is 1500. The van der Waals surface area contributed by atoms with Crippen LogP contribution in [0.25, 0.3) is 10.9 Å². The van der Waals surface area contributed by atoms with Crippen LogP contribution in [0.4, 0.5) is 18.9 Å². The van der Waals surface area contributed by atoms with Crippen molar-refractivity contribution in [2.45, 2.75) is 69.2 Å². The minimum absolute atomic E-state index is 0.147. The predicted molar refractivity (Wildman–Crippen MR) is 152 cm³/mol. The molecule has 208 valence electrons. The van der Waals surface area contributed by atoms with E-state index in [1.54, 1.807) is 13.0 Å². The van der Waals surface area contributed by atoms with E-state index in [1.807, 2.05) is 24.3 Å². The molecule has 2 fully saturated rings. The highest BCUT2D eigenvalue weighted by atomic mass is 19.3. The number of hydrogen-bond donors (Lipinski definition) is 1. The Morgan fingerprint density at radius 2 is 1.82 bits per heavy atom. The average molecular weight is 545 g/mol. The number of aromatic nitrogens is 1. The van der Waals surface area contributed by atoms with E-state index in [9.17, 15) is 5.26 Å². The number of hydrogen-bond acceptors (Lipinski definition) is 4. The first kappa shape index (κ1) is 26.8. The Morgan fingerprint density at radius 3 is 2.55 bits per heavy atom. The van der Waals surface area contributed by atoms with Crippen molar-refractivity contribution >= 4 is 16.6 Å². The summed E-state index contributed by atoms with van der Waals surface area (Å²) in [5, 5.41) is 14.1. The zero-order valence-electron chi connectivity index (χ0n) is 23.1. The molecule has 3 aromatic rings. The lowest BCUT2D eigenvalue weighted by atomic mass is 9.85. The van der Waals surface area contributed by atoms with Crippen molar-refractivity contribution in [2.24, 2.45) is 5.92 Å². The molecule has 4 aliphatic rings. The van der Waals surface area contributed by atoms with Crippen LogP contribution in [0.15, 0.2) is 54.6 Å². The first-order chi connectivity index (χ1) is 19.2. The summed E-state index contributed by atoms with van der Waals surface area (Å²) < 4.78 is 47.4. The monoisotopic (exact) mass is 544 g/mol. The van der Waals surface area contributed by atoms with Crippen molar-refractivity contribution in [3.8, 4) is 6.07 Å². The molecular formula is C33H35F3N4. The van der Waals surface area contributed by atoms with E-state index in [1.165, 1.54) is 12.1 Å². The molecule has 3 aliphatic heterocycles. The van der Waals surface area contributed by atoms with Gasteiger partial charge in [0.25, 0.3) is 5.92 Å². The van der Waals surface area contributed by atoms with Crippen LogP contribution < -0.4 is 5.32 Å². The molecule has 6 bridgehead atoms. The molecule has 1 saturated carbocycles. The minimum Gasteiger partial charge on any atom is -0.378 e. The largest absolute Gasteiger partial charge is 0.378 e. The van der Waals surface area contributed by atoms with Crippen LogP contribution in [0.1, 0.15) is 80.3 Å². The summed E-state index contributed by atoms with van der Waals surface area (Å²) >= 11 is 0. The Morgan fingerprint density at radius 1 is 1.05 bits per heavy atom. The Labute approximate surface area is 233 Å². The molecule has 1 N–H and O–H groups in total. The molecule has 1 aromatic heterocycles. The van der Waals surface area contributed by atoms with E-state index >= 15 is 13.2 Å². The van der Waals surface area contributed by atoms with E-state index in [2.05, 4.69) is 35.4 Å². The highest BCUT2D eigenvalue weighted by molar-refractivity contribution is 5.92. The van der Waals surface area contributed by atoms with Crippen LogP contribution in [0.5, 0.6) is 0 Å². The smallest absolute Gasteiger partial charge is 0.278 e. The van der Waals surface area contributed by atoms with E-state index in [-0.39, 0.29) is 11.5 Å². The van der Waals surface area contributed by atoms with Gasteiger partial charge < -0.3 is 5.32 Å². The number of rotatable bonds is 1. The van der Waals surface area contributed by atoms with Gasteiger partial charge in [-0.25, -0.2) is 13.2 Å². The highest BCUT2D eigenvalue weighted by Gasteiger charge is 2.46. The minimum atomic E-state index is -3.25. The SMILES string of the molecule is CC1C/C=C\CN2CCC(CC2)C(F)(F)c2cccc(c2F)[C@@H](C)Nc2cc1nc1ccc(C3(C#N)CC3)cc21. The number of alkyl halides is 2. The zero-order chi connectivity index (χ0) is 28.1. The van der Waals surface area contributed by atoms with Gasteiger partial charge in [-0.3, -0.25) is 9.88 Å². The van der Waals surface area contributed by atoms with Crippen LogP contribution in [-0.2, 0) is 11.3 Å². The van der Waals surface area contributed by atoms with E-state index in [4.69, 9.17) is 4.98 Å². The summed E-state index contributed by atoms with van der Waals surface area (Å²) in [5.41, 5.74) is 2.66. The van der Waals surface area contributed by atoms with E-state index in [0.717, 1.165) is 47.1 Å². The van der Waals surface area contributed by atoms with Crippen molar-refractivity contribution in [3.63, 3.8) is 0 Å². The molecule has 2 atom stereocenters. The van der Waals surface area contributed by atoms with Crippen molar-refractivity contribution < 1.29 is 13.2 Å². The number of benzene rings is 2. The van der Waals surface area contributed by atoms with Gasteiger partial charge in [0.1, 0.15) is 5.82 Å². The van der Waals surface area contributed by atoms with Gasteiger partial charge in [-0.1, -0.05) is 43.3 Å². The highest BCUT2D eigenvalue weighted by Crippen LogP contribution is 2.49. The fraction of sp³-hybridized carbons (Fsp3) is 0.455. The maximum absolute atomic E-state index is 15.9. The molecule has 1 aliphatic carbocycles. The number of nitrogens with one attached hydrogen (secondary N) is 1. The van der Waals surface area contributed by atoms with Gasteiger partial charge in [-0.2, -0.15) is 5.26 Å². The number of halogens is 3. The first-order valence-electron chi connectivity index (χ1n) is 14.4. The van der Waals surface area contributed by atoms with Crippen LogP contribution >= 0.6 is 0 Å². The Kier molecular flexibility index (Phi) is 6.86. The first-order valence-corrected chi connectivity index (χ1v) is 14.4. The lowest BCUT2D eigenvalue weighted by molar-refractivity contribution is -0.0872. The molecule has 2 aromatic carbocycles. The Balaban J connectivity index is 1.46. The van der Waals surface area contributed by atoms with Crippen molar-refractivity contribution in [2.75, 3.05) is 25.0 Å². The molecule has 0 amide bonds. The van der Waals surface area contributed by atoms with Gasteiger partial charge in [0.05, 0.1) is 28.6 Å². The number of anilines is 1. The van der Waals surface area contributed by atoms with Crippen LogP contribution in [0.3, 0.4) is 0 Å². The molecule has 4 nitrogen and oxygen atoms in total. The molecule has 1 saturated heterocycles. The third-order valence-electron chi connectivity index (χ3n) is 9.20. The summed E-state index contributed by atoms with van der Waals surface area (Å²) in [6.07, 6.45) is 7.40. The fourth-order valence-corrected chi connectivity index (χ4v) is 6.30. The second-order valence-electron chi connectivity index (χ2n) is 11.9. The molecule has 1 unspecified atom stereocenters. The molecule has 7 heteroatoms. The maximum Gasteiger partial charge on any atom is 0.278 e. The molecule has 7 rings (SSSR count). The van der Waals surface area contributed by atoms with Gasteiger partial charge in [0.2, 0.25) is 0 Å². The maximum atomic E-state index is 15.9. The van der Waals surface area contributed by atoms with Gasteiger partial charge in [0.15, 0.2) is 0 Å². The van der Waals surface area contributed by atoms with Gasteiger partial charge in [-0.15, -0.1) is 0 Å². The fourth-order valence-electron chi connectivity index (χ4n) is 6.30. The molecule has 0 radical (unpaired) electrons. The summed E-state index contributed by atoms with van der Waals surface area (Å²) in [4.78, 5) is 7.16. The van der Waals surface area contributed by atoms with Gasteiger partial charge in [-0.05, 0) is 75.9 Å². The third-order valence-corrected chi connectivity index (χ3v) is 9.20. The molecular weight excluding hydrogens is 509 g/mol. The summed E-state index contributed by atoms with van der Waals surface area (Å²) in [5.74, 6) is -4.83. The number of pyridine rings is 1. The molecule has 4 heterocycles. The third kappa shape index (κ3) is 4.77. The second-order valence-corrected chi connectivity index (χ2v) is 11.9. The normalized spacial score (nSPS) is 28.1. The van der Waals surface area contributed by atoms with Crippen molar-refractivity contribution in [1.82, 2.24) is 9.88 Å². The number of piperidine rings is 1. The van der Waals surface area contributed by atoms with Crippen LogP contribution in [0.2, 0.25) is 0 Å². The zero-order valence-corrected chi connectivity index (χ0v) is 23.1. The number of allylic oxidation sites excluding steroid dienone is 1. The van der Waals surface area contributed by atoms with Crippen LogP contribution in [0, 0.1) is 23.1 Å². The van der Waals surface area contributed by atoms with Gasteiger partial charge in [0, 0.05) is 40.7 Å². The number of nitriles is 1. The molecule has 0 spiro atoms. The summed E-state index contributed by atoms with van der Waals surface area (Å²) in [6.45, 7) is 5.81. The van der Waals surface area contributed by atoms with Gasteiger partial charge >= 0.3 is 0 Å². The standard InChI is InChI=1S/C33H35F3N4/c1-21-6-3-4-15-40-16-11-23(12-17-40)33(35,36)27-8-5-7-25(31(27)34)22(2)38-30-19-29(21)39-28-10-9-24(18-26(28)30)32(20-37)13-14-32/h3-5,7-10,18-19,21-23,38H,6,11-17H2,1-2H3/b4-3-/t21?,22-/m1/s1. The Hall–Kier alpha value is -3.37. The van der Waals surface area contributed by atoms with E-state index in [0.29, 0.717) is 32.5 Å². The van der Waals surface area contributed by atoms with Crippen molar-refractivity contribution in [1.29, 1.82) is 5.26 Å². The van der Waals surface area contributed by atoms with Crippen molar-refractivity contribution in [3.05, 3.63) is 82.8 Å². The topological polar surface area (TPSA) is 52.0 Å². The molecule has 40 heavy (non-hydrogen) atoms. The summed E-state index contributed by atoms with van der Waals surface area (Å²) in [6, 6.07) is 14.2. The lowest BCUT2D eigenvalue weighted by Crippen LogP contribution is -2.40. The predicted octanol–water partition coefficient (Wildman–Crippen LogP) is 7.97. The van der Waals surface area contributed by atoms with E-state index < -0.39 is 34.7 Å². The average Bonchev–Trinajstić information content (AvgIpc) is 3.76.